The molecule has 0 aromatic heterocycles. The van der Waals surface area contributed by atoms with Gasteiger partial charge < -0.3 is 10.1 Å². The Morgan fingerprint density at radius 3 is 2.47 bits per heavy atom. The standard InChI is InChI=1S/C16H29NOS/c1-19-16(9-4-5-10-16)13-17-14-6-11-18-15(12-14)7-2-3-8-15/h14,17H,2-13H2,1H3. The highest BCUT2D eigenvalue weighted by Crippen LogP contribution is 2.42. The monoisotopic (exact) mass is 283 g/mol. The van der Waals surface area contributed by atoms with E-state index in [4.69, 9.17) is 4.74 Å². The third-order valence-electron chi connectivity index (χ3n) is 5.67. The molecule has 1 spiro atoms. The van der Waals surface area contributed by atoms with Crippen molar-refractivity contribution in [1.29, 1.82) is 0 Å². The van der Waals surface area contributed by atoms with Crippen LogP contribution in [0.4, 0.5) is 0 Å². The summed E-state index contributed by atoms with van der Waals surface area (Å²) in [5, 5.41) is 3.91. The third kappa shape index (κ3) is 3.14. The van der Waals surface area contributed by atoms with Crippen LogP contribution in [0.3, 0.4) is 0 Å². The van der Waals surface area contributed by atoms with Crippen molar-refractivity contribution in [3.05, 3.63) is 0 Å². The van der Waals surface area contributed by atoms with E-state index in [1.165, 1.54) is 70.8 Å². The maximum atomic E-state index is 6.13. The molecule has 0 aromatic carbocycles. The Hall–Kier alpha value is 0.270. The second kappa shape index (κ2) is 5.95. The highest BCUT2D eigenvalue weighted by molar-refractivity contribution is 8.00. The lowest BCUT2D eigenvalue weighted by molar-refractivity contribution is -0.0837. The number of hydrogen-bond donors (Lipinski definition) is 1. The van der Waals surface area contributed by atoms with E-state index in [9.17, 15) is 0 Å². The minimum atomic E-state index is 0.262. The van der Waals surface area contributed by atoms with Crippen molar-refractivity contribution in [3.8, 4) is 0 Å². The Morgan fingerprint density at radius 2 is 1.79 bits per heavy atom. The molecule has 110 valence electrons. The van der Waals surface area contributed by atoms with E-state index >= 15 is 0 Å². The quantitative estimate of drug-likeness (QED) is 0.849. The van der Waals surface area contributed by atoms with E-state index in [0.717, 1.165) is 6.61 Å². The van der Waals surface area contributed by atoms with Crippen LogP contribution in [0.1, 0.15) is 64.2 Å². The van der Waals surface area contributed by atoms with Gasteiger partial charge in [0.05, 0.1) is 5.60 Å². The molecule has 1 atom stereocenters. The molecule has 0 amide bonds. The summed E-state index contributed by atoms with van der Waals surface area (Å²) in [6.07, 6.45) is 15.8. The van der Waals surface area contributed by atoms with Gasteiger partial charge in [0.1, 0.15) is 0 Å². The van der Waals surface area contributed by atoms with E-state index in [0.29, 0.717) is 10.8 Å². The van der Waals surface area contributed by atoms with E-state index in [-0.39, 0.29) is 5.60 Å². The van der Waals surface area contributed by atoms with Crippen LogP contribution >= 0.6 is 11.8 Å². The SMILES string of the molecule is CSC1(CNC2CCOC3(CCCC3)C2)CCCC1. The lowest BCUT2D eigenvalue weighted by Gasteiger charge is -2.40. The Kier molecular flexibility index (Phi) is 4.45. The fourth-order valence-electron chi connectivity index (χ4n) is 4.37. The zero-order valence-corrected chi connectivity index (χ0v) is 13.2. The van der Waals surface area contributed by atoms with Crippen LogP contribution in [-0.4, -0.2) is 35.8 Å². The summed E-state index contributed by atoms with van der Waals surface area (Å²) in [6, 6.07) is 0.705. The van der Waals surface area contributed by atoms with Gasteiger partial charge in [0, 0.05) is 23.9 Å². The molecule has 1 heterocycles. The highest BCUT2D eigenvalue weighted by atomic mass is 32.2. The molecular formula is C16H29NOS. The average Bonchev–Trinajstić information content (AvgIpc) is 3.07. The van der Waals surface area contributed by atoms with Crippen LogP contribution in [0.5, 0.6) is 0 Å². The first-order valence-electron chi connectivity index (χ1n) is 8.19. The molecule has 1 N–H and O–H groups in total. The summed E-state index contributed by atoms with van der Waals surface area (Å²) in [5.74, 6) is 0. The first kappa shape index (κ1) is 14.2. The average molecular weight is 283 g/mol. The summed E-state index contributed by atoms with van der Waals surface area (Å²) in [4.78, 5) is 0. The molecular weight excluding hydrogens is 254 g/mol. The molecule has 1 aliphatic heterocycles. The van der Waals surface area contributed by atoms with Gasteiger partial charge in [0.15, 0.2) is 0 Å². The van der Waals surface area contributed by atoms with E-state index in [2.05, 4.69) is 23.3 Å². The van der Waals surface area contributed by atoms with Crippen LogP contribution < -0.4 is 5.32 Å². The normalized spacial score (nSPS) is 33.0. The highest BCUT2D eigenvalue weighted by Gasteiger charge is 2.41. The molecule has 3 rings (SSSR count). The van der Waals surface area contributed by atoms with Crippen molar-refractivity contribution in [1.82, 2.24) is 5.32 Å². The predicted molar refractivity (Wildman–Crippen MR) is 82.9 cm³/mol. The molecule has 1 unspecified atom stereocenters. The van der Waals surface area contributed by atoms with Gasteiger partial charge in [0.2, 0.25) is 0 Å². The lowest BCUT2D eigenvalue weighted by atomic mass is 9.88. The summed E-state index contributed by atoms with van der Waals surface area (Å²) in [5.41, 5.74) is 0.262. The van der Waals surface area contributed by atoms with Crippen molar-refractivity contribution in [2.24, 2.45) is 0 Å². The Labute approximate surface area is 122 Å². The smallest absolute Gasteiger partial charge is 0.0697 e. The topological polar surface area (TPSA) is 21.3 Å². The zero-order valence-electron chi connectivity index (χ0n) is 12.4. The third-order valence-corrected chi connectivity index (χ3v) is 7.09. The van der Waals surface area contributed by atoms with Crippen LogP contribution in [-0.2, 0) is 4.74 Å². The van der Waals surface area contributed by atoms with Gasteiger partial charge in [-0.3, -0.25) is 0 Å². The summed E-state index contributed by atoms with van der Waals surface area (Å²) in [7, 11) is 0. The minimum absolute atomic E-state index is 0.262. The van der Waals surface area contributed by atoms with Crippen molar-refractivity contribution < 1.29 is 4.74 Å². The second-order valence-corrected chi connectivity index (χ2v) is 8.18. The summed E-state index contributed by atoms with van der Waals surface area (Å²) < 4.78 is 6.68. The molecule has 1 saturated heterocycles. The Morgan fingerprint density at radius 1 is 1.11 bits per heavy atom. The Bertz CT molecular complexity index is 295. The van der Waals surface area contributed by atoms with Crippen LogP contribution in [0.25, 0.3) is 0 Å². The van der Waals surface area contributed by atoms with E-state index in [1.807, 2.05) is 0 Å². The van der Waals surface area contributed by atoms with Crippen LogP contribution in [0, 0.1) is 0 Å². The van der Waals surface area contributed by atoms with Gasteiger partial charge in [-0.2, -0.15) is 11.8 Å². The van der Waals surface area contributed by atoms with Gasteiger partial charge >= 0.3 is 0 Å². The minimum Gasteiger partial charge on any atom is -0.375 e. The molecule has 2 saturated carbocycles. The number of ether oxygens (including phenoxy) is 1. The molecule has 0 aromatic rings. The first-order valence-corrected chi connectivity index (χ1v) is 9.41. The molecule has 2 nitrogen and oxygen atoms in total. The van der Waals surface area contributed by atoms with E-state index in [1.54, 1.807) is 0 Å². The molecule has 3 fully saturated rings. The fourth-order valence-corrected chi connectivity index (χ4v) is 5.30. The van der Waals surface area contributed by atoms with Gasteiger partial charge in [-0.05, 0) is 44.8 Å². The second-order valence-electron chi connectivity index (χ2n) is 6.90. The zero-order chi connectivity index (χ0) is 13.2. The molecule has 3 aliphatic rings. The fraction of sp³-hybridized carbons (Fsp3) is 1.00. The number of hydrogen-bond acceptors (Lipinski definition) is 3. The van der Waals surface area contributed by atoms with Gasteiger partial charge in [-0.15, -0.1) is 0 Å². The summed E-state index contributed by atoms with van der Waals surface area (Å²) >= 11 is 2.10. The largest absolute Gasteiger partial charge is 0.375 e. The molecule has 2 aliphatic carbocycles. The van der Waals surface area contributed by atoms with Crippen LogP contribution in [0.2, 0.25) is 0 Å². The number of rotatable bonds is 4. The molecule has 3 heteroatoms. The molecule has 19 heavy (non-hydrogen) atoms. The van der Waals surface area contributed by atoms with Gasteiger partial charge in [-0.1, -0.05) is 25.7 Å². The van der Waals surface area contributed by atoms with Crippen molar-refractivity contribution in [2.75, 3.05) is 19.4 Å². The number of thioether (sulfide) groups is 1. The Balaban J connectivity index is 1.52. The molecule has 0 bridgehead atoms. The maximum absolute atomic E-state index is 6.13. The van der Waals surface area contributed by atoms with Crippen molar-refractivity contribution in [2.45, 2.75) is 80.6 Å². The lowest BCUT2D eigenvalue weighted by Crippen LogP contribution is -2.48. The molecule has 0 radical (unpaired) electrons. The van der Waals surface area contributed by atoms with Crippen LogP contribution in [0.15, 0.2) is 0 Å². The first-order chi connectivity index (χ1) is 9.26. The predicted octanol–water partition coefficient (Wildman–Crippen LogP) is 3.74. The van der Waals surface area contributed by atoms with Crippen molar-refractivity contribution in [3.63, 3.8) is 0 Å². The van der Waals surface area contributed by atoms with Gasteiger partial charge in [0.25, 0.3) is 0 Å². The van der Waals surface area contributed by atoms with Crippen molar-refractivity contribution >= 4 is 11.8 Å². The number of nitrogens with one attached hydrogen (secondary N) is 1. The van der Waals surface area contributed by atoms with E-state index < -0.39 is 0 Å². The maximum Gasteiger partial charge on any atom is 0.0697 e. The van der Waals surface area contributed by atoms with Gasteiger partial charge in [-0.25, -0.2) is 0 Å². The summed E-state index contributed by atoms with van der Waals surface area (Å²) in [6.45, 7) is 2.19.